The summed E-state index contributed by atoms with van der Waals surface area (Å²) in [6.07, 6.45) is 1.07. The quantitative estimate of drug-likeness (QED) is 0.844. The maximum absolute atomic E-state index is 4.50. The largest absolute Gasteiger partial charge is 0.294 e. The molecular weight excluding hydrogens is 296 g/mol. The summed E-state index contributed by atoms with van der Waals surface area (Å²) in [6, 6.07) is 10.7. The number of benzene rings is 1. The van der Waals surface area contributed by atoms with Crippen molar-refractivity contribution in [3.63, 3.8) is 0 Å². The van der Waals surface area contributed by atoms with Gasteiger partial charge in [-0.05, 0) is 21.5 Å². The van der Waals surface area contributed by atoms with Crippen LogP contribution in [-0.4, -0.2) is 16.4 Å². The first-order valence-electron chi connectivity index (χ1n) is 5.71. The number of aromatic nitrogens is 1. The second-order valence-corrected chi connectivity index (χ2v) is 6.64. The number of thiazole rings is 1. The number of fused-ring (bicyclic) bond motifs is 1. The molecule has 1 aliphatic rings. The van der Waals surface area contributed by atoms with Gasteiger partial charge in [0.25, 0.3) is 0 Å². The Morgan fingerprint density at radius 1 is 1.29 bits per heavy atom. The summed E-state index contributed by atoms with van der Waals surface area (Å²) in [5.41, 5.74) is 2.67. The Kier molecular flexibility index (Phi) is 3.27. The van der Waals surface area contributed by atoms with Gasteiger partial charge in [-0.3, -0.25) is 4.90 Å². The van der Waals surface area contributed by atoms with Crippen LogP contribution in [0.15, 0.2) is 34.2 Å². The van der Waals surface area contributed by atoms with E-state index < -0.39 is 0 Å². The predicted molar refractivity (Wildman–Crippen MR) is 74.1 cm³/mol. The lowest BCUT2D eigenvalue weighted by Gasteiger charge is -2.25. The van der Waals surface area contributed by atoms with Gasteiger partial charge >= 0.3 is 0 Å². The fourth-order valence-corrected chi connectivity index (χ4v) is 3.87. The highest BCUT2D eigenvalue weighted by Gasteiger charge is 2.19. The lowest BCUT2D eigenvalue weighted by molar-refractivity contribution is 0.247. The molecule has 4 heteroatoms. The lowest BCUT2D eigenvalue weighted by atomic mass is 10.1. The first-order chi connectivity index (χ1) is 8.31. The molecule has 2 aromatic rings. The molecule has 0 saturated heterocycles. The Balaban J connectivity index is 1.72. The van der Waals surface area contributed by atoms with Crippen molar-refractivity contribution in [3.8, 4) is 0 Å². The van der Waals surface area contributed by atoms with Crippen LogP contribution in [0.2, 0.25) is 0 Å². The third-order valence-corrected chi connectivity index (χ3v) is 4.57. The highest BCUT2D eigenvalue weighted by Crippen LogP contribution is 2.28. The van der Waals surface area contributed by atoms with Crippen LogP contribution >= 0.6 is 27.3 Å². The number of nitrogens with zero attached hydrogens (tertiary/aromatic N) is 2. The molecule has 0 fully saturated rings. The third kappa shape index (κ3) is 2.59. The molecule has 0 N–H and O–H groups in total. The third-order valence-electron chi connectivity index (χ3n) is 3.03. The van der Waals surface area contributed by atoms with Crippen molar-refractivity contribution in [2.75, 3.05) is 6.54 Å². The maximum atomic E-state index is 4.50. The van der Waals surface area contributed by atoms with Gasteiger partial charge in [0.15, 0.2) is 3.92 Å². The van der Waals surface area contributed by atoms with Gasteiger partial charge < -0.3 is 0 Å². The summed E-state index contributed by atoms with van der Waals surface area (Å²) in [5.74, 6) is 0. The molecule has 3 rings (SSSR count). The molecule has 0 spiro atoms. The Morgan fingerprint density at radius 3 is 2.94 bits per heavy atom. The average molecular weight is 309 g/mol. The zero-order valence-electron chi connectivity index (χ0n) is 9.40. The minimum absolute atomic E-state index is 1.02. The van der Waals surface area contributed by atoms with E-state index in [1.54, 1.807) is 11.3 Å². The first kappa shape index (κ1) is 11.4. The zero-order valence-corrected chi connectivity index (χ0v) is 11.8. The Bertz CT molecular complexity index is 509. The molecular formula is C13H13BrN2S. The molecule has 17 heavy (non-hydrogen) atoms. The minimum Gasteiger partial charge on any atom is -0.294 e. The zero-order chi connectivity index (χ0) is 11.7. The Morgan fingerprint density at radius 2 is 2.12 bits per heavy atom. The predicted octanol–water partition coefficient (Wildman–Crippen LogP) is 3.46. The van der Waals surface area contributed by atoms with Crippen LogP contribution < -0.4 is 0 Å². The molecule has 2 nitrogen and oxygen atoms in total. The number of hydrogen-bond donors (Lipinski definition) is 0. The number of hydrogen-bond acceptors (Lipinski definition) is 3. The van der Waals surface area contributed by atoms with Crippen molar-refractivity contribution >= 4 is 27.3 Å². The summed E-state index contributed by atoms with van der Waals surface area (Å²) in [4.78, 5) is 8.41. The van der Waals surface area contributed by atoms with Gasteiger partial charge in [-0.25, -0.2) is 4.98 Å². The summed E-state index contributed by atoms with van der Waals surface area (Å²) in [7, 11) is 0. The second-order valence-electron chi connectivity index (χ2n) is 4.28. The monoisotopic (exact) mass is 308 g/mol. The van der Waals surface area contributed by atoms with E-state index in [1.807, 2.05) is 0 Å². The molecule has 1 aliphatic heterocycles. The van der Waals surface area contributed by atoms with Crippen LogP contribution in [0.5, 0.6) is 0 Å². The molecule has 0 bridgehead atoms. The molecule has 1 aromatic carbocycles. The molecule has 0 radical (unpaired) electrons. The normalized spacial score (nSPS) is 15.8. The van der Waals surface area contributed by atoms with Crippen molar-refractivity contribution in [1.82, 2.24) is 9.88 Å². The maximum Gasteiger partial charge on any atom is 0.159 e. The number of rotatable bonds is 2. The van der Waals surface area contributed by atoms with E-state index in [0.29, 0.717) is 0 Å². The van der Waals surface area contributed by atoms with Gasteiger partial charge in [0, 0.05) is 30.9 Å². The van der Waals surface area contributed by atoms with Gasteiger partial charge in [-0.2, -0.15) is 0 Å². The van der Waals surface area contributed by atoms with Crippen LogP contribution in [0.3, 0.4) is 0 Å². The molecule has 0 aliphatic carbocycles. The number of halogens is 1. The highest BCUT2D eigenvalue weighted by molar-refractivity contribution is 9.11. The topological polar surface area (TPSA) is 16.1 Å². The molecule has 0 saturated carbocycles. The highest BCUT2D eigenvalue weighted by atomic mass is 79.9. The van der Waals surface area contributed by atoms with Gasteiger partial charge in [0.1, 0.15) is 0 Å². The first-order valence-corrected chi connectivity index (χ1v) is 7.32. The fourth-order valence-electron chi connectivity index (χ4n) is 2.19. The molecule has 2 heterocycles. The van der Waals surface area contributed by atoms with Crippen LogP contribution in [0.25, 0.3) is 0 Å². The summed E-state index contributed by atoms with van der Waals surface area (Å²) in [6.45, 7) is 3.18. The van der Waals surface area contributed by atoms with E-state index in [-0.39, 0.29) is 0 Å². The van der Waals surface area contributed by atoms with Crippen LogP contribution in [-0.2, 0) is 19.5 Å². The Labute approximate surface area is 113 Å². The van der Waals surface area contributed by atoms with Gasteiger partial charge in [0.2, 0.25) is 0 Å². The van der Waals surface area contributed by atoms with Crippen molar-refractivity contribution in [2.45, 2.75) is 19.5 Å². The standard InChI is InChI=1S/C13H13BrN2S/c14-13-15-11-6-7-16(9-12(11)17-13)8-10-4-2-1-3-5-10/h1-5H,6-9H2. The minimum atomic E-state index is 1.02. The van der Waals surface area contributed by atoms with E-state index in [9.17, 15) is 0 Å². The average Bonchev–Trinajstić information content (AvgIpc) is 2.70. The van der Waals surface area contributed by atoms with Crippen molar-refractivity contribution in [1.29, 1.82) is 0 Å². The van der Waals surface area contributed by atoms with Crippen molar-refractivity contribution < 1.29 is 0 Å². The van der Waals surface area contributed by atoms with E-state index in [2.05, 4.69) is 56.1 Å². The van der Waals surface area contributed by atoms with Crippen molar-refractivity contribution in [3.05, 3.63) is 50.4 Å². The molecule has 0 atom stereocenters. The van der Waals surface area contributed by atoms with E-state index in [4.69, 9.17) is 0 Å². The van der Waals surface area contributed by atoms with Crippen LogP contribution in [0.4, 0.5) is 0 Å². The smallest absolute Gasteiger partial charge is 0.159 e. The van der Waals surface area contributed by atoms with Gasteiger partial charge in [0.05, 0.1) is 5.69 Å². The van der Waals surface area contributed by atoms with E-state index in [1.165, 1.54) is 16.1 Å². The van der Waals surface area contributed by atoms with Gasteiger partial charge in [-0.15, -0.1) is 11.3 Å². The van der Waals surface area contributed by atoms with Gasteiger partial charge in [-0.1, -0.05) is 30.3 Å². The van der Waals surface area contributed by atoms with Crippen molar-refractivity contribution in [2.24, 2.45) is 0 Å². The second kappa shape index (κ2) is 4.88. The molecule has 0 amide bonds. The van der Waals surface area contributed by atoms with Crippen LogP contribution in [0, 0.1) is 0 Å². The van der Waals surface area contributed by atoms with Crippen LogP contribution in [0.1, 0.15) is 16.1 Å². The Hall–Kier alpha value is -0.710. The lowest BCUT2D eigenvalue weighted by Crippen LogP contribution is -2.29. The summed E-state index contributed by atoms with van der Waals surface area (Å²) >= 11 is 5.24. The SMILES string of the molecule is Brc1nc2c(s1)CN(Cc1ccccc1)CC2. The summed E-state index contributed by atoms with van der Waals surface area (Å²) in [5, 5.41) is 0. The molecule has 88 valence electrons. The summed E-state index contributed by atoms with van der Waals surface area (Å²) < 4.78 is 1.02. The molecule has 1 aromatic heterocycles. The fraction of sp³-hybridized carbons (Fsp3) is 0.308. The van der Waals surface area contributed by atoms with E-state index in [0.717, 1.165) is 30.0 Å². The molecule has 0 unspecified atom stereocenters. The van der Waals surface area contributed by atoms with E-state index >= 15 is 0 Å².